The predicted octanol–water partition coefficient (Wildman–Crippen LogP) is 1.25. The Bertz CT molecular complexity index is 620. The highest BCUT2D eigenvalue weighted by molar-refractivity contribution is 7.92. The molecule has 1 saturated heterocycles. The van der Waals surface area contributed by atoms with Crippen LogP contribution in [-0.4, -0.2) is 31.2 Å². The van der Waals surface area contributed by atoms with Crippen LogP contribution in [-0.2, 0) is 14.8 Å². The maximum Gasteiger partial charge on any atom is 0.236 e. The van der Waals surface area contributed by atoms with Crippen LogP contribution < -0.4 is 5.73 Å². The summed E-state index contributed by atoms with van der Waals surface area (Å²) in [6.45, 7) is 2.31. The molecule has 1 amide bonds. The molecule has 1 atom stereocenters. The summed E-state index contributed by atoms with van der Waals surface area (Å²) in [6, 6.07) is 6.79. The fourth-order valence-corrected chi connectivity index (χ4v) is 3.68. The van der Waals surface area contributed by atoms with E-state index in [0.29, 0.717) is 19.4 Å². The van der Waals surface area contributed by atoms with Gasteiger partial charge in [0.25, 0.3) is 0 Å². The van der Waals surface area contributed by atoms with Crippen LogP contribution in [0.3, 0.4) is 0 Å². The second-order valence-electron chi connectivity index (χ2n) is 4.93. The molecular formula is C14H18N2O3S. The van der Waals surface area contributed by atoms with Crippen LogP contribution in [0.1, 0.15) is 24.0 Å². The van der Waals surface area contributed by atoms with E-state index in [4.69, 9.17) is 5.73 Å². The van der Waals surface area contributed by atoms with Gasteiger partial charge in [0.15, 0.2) is 0 Å². The zero-order chi connectivity index (χ0) is 14.8. The third-order valence-corrected chi connectivity index (χ3v) is 4.94. The van der Waals surface area contributed by atoms with Crippen molar-refractivity contribution in [2.75, 3.05) is 6.54 Å². The number of sulfonamides is 1. The van der Waals surface area contributed by atoms with Gasteiger partial charge in [0.05, 0.1) is 0 Å². The van der Waals surface area contributed by atoms with Crippen molar-refractivity contribution in [2.45, 2.75) is 25.8 Å². The summed E-state index contributed by atoms with van der Waals surface area (Å²) in [5.74, 6) is -0.588. The van der Waals surface area contributed by atoms with Crippen LogP contribution in [0.5, 0.6) is 0 Å². The lowest BCUT2D eigenvalue weighted by Gasteiger charge is -2.19. The molecule has 0 aliphatic carbocycles. The Hall–Kier alpha value is -1.66. The average Bonchev–Trinajstić information content (AvgIpc) is 2.88. The van der Waals surface area contributed by atoms with Gasteiger partial charge in [0.1, 0.15) is 6.04 Å². The molecule has 1 aliphatic heterocycles. The third kappa shape index (κ3) is 3.26. The number of hydrogen-bond acceptors (Lipinski definition) is 3. The standard InChI is InChI=1S/C14H18N2O3S/c1-11-4-6-12(7-5-11)8-10-20(18,19)16-9-2-3-13(16)14(15)17/h4-8,10,13H,2-3,9H2,1H3,(H2,15,17). The molecule has 1 aliphatic rings. The first kappa shape index (κ1) is 14.7. The molecule has 2 N–H and O–H groups in total. The molecule has 0 aromatic heterocycles. The number of aryl methyl sites for hydroxylation is 1. The van der Waals surface area contributed by atoms with Crippen LogP contribution in [0.2, 0.25) is 0 Å². The first-order valence-electron chi connectivity index (χ1n) is 6.46. The van der Waals surface area contributed by atoms with Gasteiger partial charge < -0.3 is 5.73 Å². The van der Waals surface area contributed by atoms with E-state index in [1.807, 2.05) is 31.2 Å². The first-order chi connectivity index (χ1) is 9.40. The van der Waals surface area contributed by atoms with Crippen molar-refractivity contribution < 1.29 is 13.2 Å². The molecule has 1 aromatic carbocycles. The lowest BCUT2D eigenvalue weighted by Crippen LogP contribution is -2.42. The van der Waals surface area contributed by atoms with Crippen LogP contribution in [0.25, 0.3) is 6.08 Å². The fourth-order valence-electron chi connectivity index (χ4n) is 2.25. The summed E-state index contributed by atoms with van der Waals surface area (Å²) in [6.07, 6.45) is 2.68. The molecule has 5 nitrogen and oxygen atoms in total. The van der Waals surface area contributed by atoms with Gasteiger partial charge in [0.2, 0.25) is 15.9 Å². The highest BCUT2D eigenvalue weighted by Gasteiger charge is 2.36. The molecule has 0 spiro atoms. The van der Waals surface area contributed by atoms with Crippen molar-refractivity contribution in [1.82, 2.24) is 4.31 Å². The number of rotatable bonds is 4. The van der Waals surface area contributed by atoms with E-state index >= 15 is 0 Å². The Morgan fingerprint density at radius 2 is 2.00 bits per heavy atom. The van der Waals surface area contributed by atoms with E-state index in [0.717, 1.165) is 16.5 Å². The van der Waals surface area contributed by atoms with Gasteiger partial charge in [-0.1, -0.05) is 29.8 Å². The third-order valence-electron chi connectivity index (χ3n) is 3.37. The summed E-state index contributed by atoms with van der Waals surface area (Å²) < 4.78 is 25.6. The number of hydrogen-bond donors (Lipinski definition) is 1. The van der Waals surface area contributed by atoms with Crippen LogP contribution in [0, 0.1) is 6.92 Å². The molecule has 0 radical (unpaired) electrons. The number of nitrogens with two attached hydrogens (primary N) is 1. The van der Waals surface area contributed by atoms with Crippen molar-refractivity contribution in [3.05, 3.63) is 40.8 Å². The van der Waals surface area contributed by atoms with E-state index in [-0.39, 0.29) is 0 Å². The summed E-state index contributed by atoms with van der Waals surface area (Å²) >= 11 is 0. The summed E-state index contributed by atoms with van der Waals surface area (Å²) in [4.78, 5) is 11.3. The number of primary amides is 1. The second-order valence-corrected chi connectivity index (χ2v) is 6.70. The maximum absolute atomic E-state index is 12.2. The van der Waals surface area contributed by atoms with E-state index in [2.05, 4.69) is 0 Å². The van der Waals surface area contributed by atoms with E-state index in [1.54, 1.807) is 0 Å². The minimum absolute atomic E-state index is 0.341. The zero-order valence-electron chi connectivity index (χ0n) is 11.3. The Morgan fingerprint density at radius 3 is 2.60 bits per heavy atom. The molecule has 2 rings (SSSR count). The molecule has 1 fully saturated rings. The van der Waals surface area contributed by atoms with Gasteiger partial charge in [-0.25, -0.2) is 8.42 Å². The highest BCUT2D eigenvalue weighted by atomic mass is 32.2. The van der Waals surface area contributed by atoms with Gasteiger partial charge in [-0.2, -0.15) is 4.31 Å². The molecule has 108 valence electrons. The number of benzene rings is 1. The number of amides is 1. The van der Waals surface area contributed by atoms with Gasteiger partial charge in [-0.15, -0.1) is 0 Å². The second kappa shape index (κ2) is 5.76. The molecule has 6 heteroatoms. The van der Waals surface area contributed by atoms with E-state index in [9.17, 15) is 13.2 Å². The quantitative estimate of drug-likeness (QED) is 0.907. The smallest absolute Gasteiger partial charge is 0.236 e. The SMILES string of the molecule is Cc1ccc(C=CS(=O)(=O)N2CCCC2C(N)=O)cc1. The highest BCUT2D eigenvalue weighted by Crippen LogP contribution is 2.22. The summed E-state index contributed by atoms with van der Waals surface area (Å²) in [5, 5.41) is 1.14. The monoisotopic (exact) mass is 294 g/mol. The van der Waals surface area contributed by atoms with Gasteiger partial charge in [-0.05, 0) is 31.4 Å². The Kier molecular flexibility index (Phi) is 4.25. The Labute approximate surface area is 119 Å². The molecule has 1 unspecified atom stereocenters. The van der Waals surface area contributed by atoms with Crippen LogP contribution in [0.15, 0.2) is 29.7 Å². The molecule has 20 heavy (non-hydrogen) atoms. The normalized spacial score (nSPS) is 20.6. The fraction of sp³-hybridized carbons (Fsp3) is 0.357. The molecule has 1 aromatic rings. The van der Waals surface area contributed by atoms with Crippen molar-refractivity contribution in [3.63, 3.8) is 0 Å². The number of carbonyl (C=O) groups excluding carboxylic acids is 1. The van der Waals surface area contributed by atoms with Crippen molar-refractivity contribution in [2.24, 2.45) is 5.73 Å². The number of carbonyl (C=O) groups is 1. The van der Waals surface area contributed by atoms with E-state index in [1.165, 1.54) is 10.4 Å². The molecule has 0 bridgehead atoms. The Balaban J connectivity index is 2.18. The van der Waals surface area contributed by atoms with Crippen LogP contribution >= 0.6 is 0 Å². The van der Waals surface area contributed by atoms with Crippen molar-refractivity contribution >= 4 is 22.0 Å². The lowest BCUT2D eigenvalue weighted by molar-refractivity contribution is -0.121. The molecule has 0 saturated carbocycles. The predicted molar refractivity (Wildman–Crippen MR) is 78.1 cm³/mol. The first-order valence-corrected chi connectivity index (χ1v) is 7.96. The van der Waals surface area contributed by atoms with Crippen molar-refractivity contribution in [1.29, 1.82) is 0 Å². The molecule has 1 heterocycles. The minimum Gasteiger partial charge on any atom is -0.368 e. The average molecular weight is 294 g/mol. The summed E-state index contributed by atoms with van der Waals surface area (Å²) in [5.41, 5.74) is 7.15. The number of nitrogens with zero attached hydrogens (tertiary/aromatic N) is 1. The Morgan fingerprint density at radius 1 is 1.35 bits per heavy atom. The largest absolute Gasteiger partial charge is 0.368 e. The maximum atomic E-state index is 12.2. The van der Waals surface area contributed by atoms with Gasteiger partial charge in [-0.3, -0.25) is 4.79 Å². The van der Waals surface area contributed by atoms with Crippen LogP contribution in [0.4, 0.5) is 0 Å². The minimum atomic E-state index is -3.61. The van der Waals surface area contributed by atoms with E-state index < -0.39 is 22.0 Å². The molecular weight excluding hydrogens is 276 g/mol. The topological polar surface area (TPSA) is 80.5 Å². The van der Waals surface area contributed by atoms with Gasteiger partial charge >= 0.3 is 0 Å². The zero-order valence-corrected chi connectivity index (χ0v) is 12.1. The lowest BCUT2D eigenvalue weighted by atomic mass is 10.2. The van der Waals surface area contributed by atoms with Crippen molar-refractivity contribution in [3.8, 4) is 0 Å². The summed E-state index contributed by atoms with van der Waals surface area (Å²) in [7, 11) is -3.61. The van der Waals surface area contributed by atoms with Gasteiger partial charge in [0, 0.05) is 12.0 Å².